The van der Waals surface area contributed by atoms with Crippen LogP contribution in [0.25, 0.3) is 0 Å². The highest BCUT2D eigenvalue weighted by Gasteiger charge is 2.32. The Bertz CT molecular complexity index is 705. The van der Waals surface area contributed by atoms with E-state index in [0.29, 0.717) is 19.7 Å². The molecule has 0 aliphatic carbocycles. The molecule has 6 nitrogen and oxygen atoms in total. The van der Waals surface area contributed by atoms with E-state index in [4.69, 9.17) is 4.74 Å². The van der Waals surface area contributed by atoms with Crippen molar-refractivity contribution in [2.45, 2.75) is 31.5 Å². The molecule has 2 aliphatic rings. The van der Waals surface area contributed by atoms with Gasteiger partial charge < -0.3 is 15.0 Å². The van der Waals surface area contributed by atoms with Gasteiger partial charge in [-0.15, -0.1) is 0 Å². The highest BCUT2D eigenvalue weighted by Crippen LogP contribution is 2.30. The fourth-order valence-corrected chi connectivity index (χ4v) is 3.49. The number of carbonyl (C=O) groups is 2. The molecule has 1 aromatic carbocycles. The zero-order chi connectivity index (χ0) is 20.1. The molecule has 0 aromatic heterocycles. The van der Waals surface area contributed by atoms with Gasteiger partial charge in [0.05, 0.1) is 18.7 Å². The number of hydrogen-bond acceptors (Lipinski definition) is 4. The number of amides is 2. The Balaban J connectivity index is 1.53. The first-order valence-electron chi connectivity index (χ1n) is 9.43. The third-order valence-electron chi connectivity index (χ3n) is 4.93. The molecule has 0 radical (unpaired) electrons. The van der Waals surface area contributed by atoms with E-state index in [1.165, 1.54) is 12.1 Å². The van der Waals surface area contributed by atoms with Gasteiger partial charge in [0.2, 0.25) is 5.91 Å². The van der Waals surface area contributed by atoms with Gasteiger partial charge >= 0.3 is 6.18 Å². The monoisotopic (exact) mass is 399 g/mol. The number of nitrogens with one attached hydrogen (secondary N) is 1. The zero-order valence-electron chi connectivity index (χ0n) is 15.5. The fourth-order valence-electron chi connectivity index (χ4n) is 3.49. The van der Waals surface area contributed by atoms with Crippen molar-refractivity contribution in [2.24, 2.45) is 0 Å². The predicted molar refractivity (Wildman–Crippen MR) is 96.7 cm³/mol. The summed E-state index contributed by atoms with van der Waals surface area (Å²) in [6.07, 6.45) is -1.97. The van der Waals surface area contributed by atoms with Crippen LogP contribution in [0.1, 0.15) is 24.8 Å². The van der Waals surface area contributed by atoms with Crippen LogP contribution in [-0.4, -0.2) is 67.0 Å². The third-order valence-corrected chi connectivity index (χ3v) is 4.93. The number of rotatable bonds is 4. The van der Waals surface area contributed by atoms with Gasteiger partial charge in [-0.3, -0.25) is 14.5 Å². The minimum absolute atomic E-state index is 0.0105. The summed E-state index contributed by atoms with van der Waals surface area (Å²) in [5.74, 6) is -0.479. The predicted octanol–water partition coefficient (Wildman–Crippen LogP) is 2.36. The molecule has 0 bridgehead atoms. The van der Waals surface area contributed by atoms with E-state index in [1.54, 1.807) is 9.80 Å². The van der Waals surface area contributed by atoms with Gasteiger partial charge in [-0.2, -0.15) is 13.2 Å². The average Bonchev–Trinajstić information content (AvgIpc) is 2.68. The van der Waals surface area contributed by atoms with Crippen molar-refractivity contribution in [2.75, 3.05) is 44.6 Å². The maximum absolute atomic E-state index is 12.8. The Morgan fingerprint density at radius 1 is 1.14 bits per heavy atom. The topological polar surface area (TPSA) is 61.9 Å². The first kappa shape index (κ1) is 20.6. The lowest BCUT2D eigenvalue weighted by molar-refractivity contribution is -0.151. The number of likely N-dealkylation sites (tertiary alicyclic amines) is 1. The lowest BCUT2D eigenvalue weighted by atomic mass is 10.1. The lowest BCUT2D eigenvalue weighted by Gasteiger charge is -2.35. The first-order chi connectivity index (χ1) is 13.3. The van der Waals surface area contributed by atoms with Crippen LogP contribution in [0.3, 0.4) is 0 Å². The minimum atomic E-state index is -4.47. The molecular weight excluding hydrogens is 375 g/mol. The van der Waals surface area contributed by atoms with Crippen molar-refractivity contribution >= 4 is 17.5 Å². The van der Waals surface area contributed by atoms with Crippen molar-refractivity contribution < 1.29 is 27.5 Å². The molecule has 3 rings (SSSR count). The molecule has 1 N–H and O–H groups in total. The number of nitrogens with zero attached hydrogens (tertiary/aromatic N) is 2. The first-order valence-corrected chi connectivity index (χ1v) is 9.43. The second-order valence-electron chi connectivity index (χ2n) is 7.11. The minimum Gasteiger partial charge on any atom is -0.366 e. The number of piperidine rings is 1. The van der Waals surface area contributed by atoms with Gasteiger partial charge in [-0.1, -0.05) is 6.07 Å². The number of carbonyl (C=O) groups excluding carboxylic acids is 2. The normalized spacial score (nSPS) is 21.4. The van der Waals surface area contributed by atoms with Crippen LogP contribution < -0.4 is 5.32 Å². The Morgan fingerprint density at radius 2 is 1.89 bits per heavy atom. The molecule has 2 fully saturated rings. The molecule has 2 aliphatic heterocycles. The molecule has 28 heavy (non-hydrogen) atoms. The van der Waals surface area contributed by atoms with Gasteiger partial charge in [-0.25, -0.2) is 0 Å². The average molecular weight is 399 g/mol. The van der Waals surface area contributed by atoms with Gasteiger partial charge in [0, 0.05) is 31.9 Å². The molecule has 2 saturated heterocycles. The van der Waals surface area contributed by atoms with Crippen LogP contribution >= 0.6 is 0 Å². The number of hydrogen-bond donors (Lipinski definition) is 1. The number of benzene rings is 1. The van der Waals surface area contributed by atoms with E-state index in [-0.39, 0.29) is 18.1 Å². The van der Waals surface area contributed by atoms with Crippen LogP contribution in [0.2, 0.25) is 0 Å². The zero-order valence-corrected chi connectivity index (χ0v) is 15.5. The van der Waals surface area contributed by atoms with Crippen LogP contribution in [0.5, 0.6) is 0 Å². The largest absolute Gasteiger partial charge is 0.416 e. The summed E-state index contributed by atoms with van der Waals surface area (Å²) in [5, 5.41) is 2.49. The van der Waals surface area contributed by atoms with E-state index in [1.807, 2.05) is 0 Å². The summed E-state index contributed by atoms with van der Waals surface area (Å²) < 4.78 is 43.9. The summed E-state index contributed by atoms with van der Waals surface area (Å²) in [7, 11) is 0. The van der Waals surface area contributed by atoms with Gasteiger partial charge in [0.25, 0.3) is 5.91 Å². The van der Waals surface area contributed by atoms with Crippen LogP contribution in [0, 0.1) is 0 Å². The Hall–Kier alpha value is -2.13. The molecule has 0 saturated carbocycles. The van der Waals surface area contributed by atoms with Gasteiger partial charge in [0.15, 0.2) is 0 Å². The second-order valence-corrected chi connectivity index (χ2v) is 7.11. The number of alkyl halides is 3. The smallest absolute Gasteiger partial charge is 0.366 e. The van der Waals surface area contributed by atoms with Crippen molar-refractivity contribution in [1.29, 1.82) is 0 Å². The summed E-state index contributed by atoms with van der Waals surface area (Å²) in [5.41, 5.74) is -0.724. The summed E-state index contributed by atoms with van der Waals surface area (Å²) in [6.45, 7) is 2.57. The molecule has 1 atom stereocenters. The highest BCUT2D eigenvalue weighted by molar-refractivity contribution is 5.92. The van der Waals surface area contributed by atoms with E-state index in [9.17, 15) is 22.8 Å². The Labute approximate surface area is 161 Å². The molecule has 0 spiro atoms. The van der Waals surface area contributed by atoms with Gasteiger partial charge in [-0.05, 0) is 37.5 Å². The van der Waals surface area contributed by atoms with E-state index in [2.05, 4.69) is 5.32 Å². The third kappa shape index (κ3) is 5.45. The lowest BCUT2D eigenvalue weighted by Crippen LogP contribution is -2.53. The molecule has 2 heterocycles. The van der Waals surface area contributed by atoms with Crippen LogP contribution in [-0.2, 0) is 20.5 Å². The van der Waals surface area contributed by atoms with Crippen LogP contribution in [0.4, 0.5) is 18.9 Å². The molecule has 154 valence electrons. The number of ether oxygens (including phenoxy) is 1. The maximum Gasteiger partial charge on any atom is 0.416 e. The van der Waals surface area contributed by atoms with E-state index >= 15 is 0 Å². The van der Waals surface area contributed by atoms with Crippen molar-refractivity contribution in [3.05, 3.63) is 29.8 Å². The second kappa shape index (κ2) is 8.91. The standard InChI is InChI=1S/C19H24F3N3O3/c20-19(21,22)14-5-4-6-15(11-14)23-17(26)13-24-9-10-28-16(12-24)18(27)25-7-2-1-3-8-25/h4-6,11,16H,1-3,7-10,12-13H2,(H,23,26). The van der Waals surface area contributed by atoms with Crippen molar-refractivity contribution in [3.8, 4) is 0 Å². The molecule has 9 heteroatoms. The van der Waals surface area contributed by atoms with Crippen LogP contribution in [0.15, 0.2) is 24.3 Å². The van der Waals surface area contributed by atoms with E-state index < -0.39 is 23.8 Å². The molecule has 1 unspecified atom stereocenters. The Morgan fingerprint density at radius 3 is 2.61 bits per heavy atom. The van der Waals surface area contributed by atoms with Crippen molar-refractivity contribution in [1.82, 2.24) is 9.80 Å². The maximum atomic E-state index is 12.8. The molecular formula is C19H24F3N3O3. The van der Waals surface area contributed by atoms with E-state index in [0.717, 1.165) is 44.5 Å². The highest BCUT2D eigenvalue weighted by atomic mass is 19.4. The number of halogens is 3. The molecule has 1 aromatic rings. The summed E-state index contributed by atoms with van der Waals surface area (Å²) in [6, 6.07) is 4.52. The van der Waals surface area contributed by atoms with Gasteiger partial charge in [0.1, 0.15) is 6.10 Å². The summed E-state index contributed by atoms with van der Waals surface area (Å²) in [4.78, 5) is 28.4. The Kier molecular flexibility index (Phi) is 6.56. The summed E-state index contributed by atoms with van der Waals surface area (Å²) >= 11 is 0. The molecule has 2 amide bonds. The number of anilines is 1. The van der Waals surface area contributed by atoms with Crippen molar-refractivity contribution in [3.63, 3.8) is 0 Å². The quantitative estimate of drug-likeness (QED) is 0.845. The number of morpholine rings is 1. The SMILES string of the molecule is O=C(CN1CCOC(C(=O)N2CCCCC2)C1)Nc1cccc(C(F)(F)F)c1. The fraction of sp³-hybridized carbons (Fsp3) is 0.579.